The van der Waals surface area contributed by atoms with Gasteiger partial charge in [0, 0.05) is 30.4 Å². The Morgan fingerprint density at radius 3 is 2.90 bits per heavy atom. The molecule has 110 valence electrons. The maximum absolute atomic E-state index is 13.4. The Bertz CT molecular complexity index is 667. The van der Waals surface area contributed by atoms with E-state index in [9.17, 15) is 14.5 Å². The molecule has 0 radical (unpaired) electrons. The average Bonchev–Trinajstić information content (AvgIpc) is 3.16. The molecule has 3 rings (SSSR count). The SMILES string of the molecule is O=[N+]([O-])c1cc(F)cc(Cn2cc(CNC3CC3)cn2)c1. The molecule has 1 fully saturated rings. The van der Waals surface area contributed by atoms with Gasteiger partial charge < -0.3 is 5.32 Å². The number of nitrogens with zero attached hydrogens (tertiary/aromatic N) is 3. The van der Waals surface area contributed by atoms with Gasteiger partial charge in [-0.1, -0.05) is 0 Å². The number of nitro benzene ring substituents is 1. The molecule has 0 aliphatic heterocycles. The predicted molar refractivity (Wildman–Crippen MR) is 74.2 cm³/mol. The molecule has 0 spiro atoms. The highest BCUT2D eigenvalue weighted by Gasteiger charge is 2.20. The average molecular weight is 290 g/mol. The minimum Gasteiger partial charge on any atom is -0.310 e. The van der Waals surface area contributed by atoms with Crippen LogP contribution in [0.5, 0.6) is 0 Å². The Hall–Kier alpha value is -2.28. The lowest BCUT2D eigenvalue weighted by molar-refractivity contribution is -0.385. The van der Waals surface area contributed by atoms with Gasteiger partial charge in [-0.3, -0.25) is 14.8 Å². The molecule has 0 bridgehead atoms. The summed E-state index contributed by atoms with van der Waals surface area (Å²) in [5.74, 6) is -0.609. The molecule has 2 aromatic rings. The van der Waals surface area contributed by atoms with Crippen LogP contribution in [0.2, 0.25) is 0 Å². The van der Waals surface area contributed by atoms with Gasteiger partial charge in [0.15, 0.2) is 0 Å². The predicted octanol–water partition coefficient (Wildman–Crippen LogP) is 2.23. The van der Waals surface area contributed by atoms with E-state index in [0.29, 0.717) is 18.2 Å². The molecule has 1 aromatic heterocycles. The lowest BCUT2D eigenvalue weighted by Gasteiger charge is -2.03. The number of rotatable bonds is 6. The minimum absolute atomic E-state index is 0.243. The Labute approximate surface area is 120 Å². The fourth-order valence-electron chi connectivity index (χ4n) is 2.15. The fraction of sp³-hybridized carbons (Fsp3) is 0.357. The monoisotopic (exact) mass is 290 g/mol. The van der Waals surface area contributed by atoms with Crippen molar-refractivity contribution in [1.29, 1.82) is 0 Å². The molecular formula is C14H15FN4O2. The molecule has 0 amide bonds. The number of aromatic nitrogens is 2. The second-order valence-corrected chi connectivity index (χ2v) is 5.28. The third-order valence-corrected chi connectivity index (χ3v) is 3.36. The summed E-state index contributed by atoms with van der Waals surface area (Å²) in [5.41, 5.74) is 1.33. The molecule has 0 atom stereocenters. The molecular weight excluding hydrogens is 275 g/mol. The number of hydrogen-bond acceptors (Lipinski definition) is 4. The van der Waals surface area contributed by atoms with E-state index in [1.54, 1.807) is 10.9 Å². The van der Waals surface area contributed by atoms with Crippen LogP contribution >= 0.6 is 0 Å². The summed E-state index contributed by atoms with van der Waals surface area (Å²) in [4.78, 5) is 10.1. The molecule has 1 saturated carbocycles. The number of benzene rings is 1. The van der Waals surface area contributed by atoms with E-state index in [1.165, 1.54) is 25.0 Å². The van der Waals surface area contributed by atoms with Gasteiger partial charge in [0.2, 0.25) is 0 Å². The first-order chi connectivity index (χ1) is 10.1. The van der Waals surface area contributed by atoms with Crippen LogP contribution < -0.4 is 5.32 Å². The number of hydrogen-bond donors (Lipinski definition) is 1. The second kappa shape index (κ2) is 5.61. The largest absolute Gasteiger partial charge is 0.310 e. The topological polar surface area (TPSA) is 73.0 Å². The number of nitrogens with one attached hydrogen (secondary N) is 1. The van der Waals surface area contributed by atoms with Crippen molar-refractivity contribution >= 4 is 5.69 Å². The van der Waals surface area contributed by atoms with Crippen LogP contribution in [0.4, 0.5) is 10.1 Å². The summed E-state index contributed by atoms with van der Waals surface area (Å²) in [6.07, 6.45) is 6.07. The highest BCUT2D eigenvalue weighted by molar-refractivity contribution is 5.35. The summed E-state index contributed by atoms with van der Waals surface area (Å²) in [5, 5.41) is 18.3. The van der Waals surface area contributed by atoms with Crippen molar-refractivity contribution in [3.63, 3.8) is 0 Å². The lowest BCUT2D eigenvalue weighted by atomic mass is 10.2. The lowest BCUT2D eigenvalue weighted by Crippen LogP contribution is -2.14. The first-order valence-corrected chi connectivity index (χ1v) is 6.79. The van der Waals surface area contributed by atoms with Crippen LogP contribution in [0.3, 0.4) is 0 Å². The zero-order chi connectivity index (χ0) is 14.8. The smallest absolute Gasteiger partial charge is 0.272 e. The molecule has 1 aliphatic carbocycles. The first kappa shape index (κ1) is 13.7. The molecule has 21 heavy (non-hydrogen) atoms. The minimum atomic E-state index is -0.609. The van der Waals surface area contributed by atoms with Gasteiger partial charge in [0.1, 0.15) is 5.82 Å². The van der Waals surface area contributed by atoms with Crippen LogP contribution in [0.15, 0.2) is 30.6 Å². The third kappa shape index (κ3) is 3.63. The molecule has 1 aliphatic rings. The van der Waals surface area contributed by atoms with E-state index in [-0.39, 0.29) is 5.69 Å². The standard InChI is InChI=1S/C14H15FN4O2/c15-12-3-10(4-14(5-12)19(20)21)8-18-9-11(7-17-18)6-16-13-1-2-13/h3-5,7,9,13,16H,1-2,6,8H2. The Morgan fingerprint density at radius 1 is 1.38 bits per heavy atom. The molecule has 1 heterocycles. The Balaban J connectivity index is 1.69. The summed E-state index contributed by atoms with van der Waals surface area (Å²) in [6, 6.07) is 4.19. The summed E-state index contributed by atoms with van der Waals surface area (Å²) in [7, 11) is 0. The highest BCUT2D eigenvalue weighted by Crippen LogP contribution is 2.19. The zero-order valence-corrected chi connectivity index (χ0v) is 11.3. The van der Waals surface area contributed by atoms with Gasteiger partial charge >= 0.3 is 0 Å². The first-order valence-electron chi connectivity index (χ1n) is 6.79. The molecule has 0 saturated heterocycles. The fourth-order valence-corrected chi connectivity index (χ4v) is 2.15. The number of non-ortho nitro benzene ring substituents is 1. The maximum Gasteiger partial charge on any atom is 0.272 e. The molecule has 0 unspecified atom stereocenters. The van der Waals surface area contributed by atoms with Crippen molar-refractivity contribution in [3.8, 4) is 0 Å². The van der Waals surface area contributed by atoms with Crippen molar-refractivity contribution in [1.82, 2.24) is 15.1 Å². The van der Waals surface area contributed by atoms with Crippen molar-refractivity contribution in [2.45, 2.75) is 32.0 Å². The second-order valence-electron chi connectivity index (χ2n) is 5.28. The molecule has 1 N–H and O–H groups in total. The molecule has 1 aromatic carbocycles. The van der Waals surface area contributed by atoms with E-state index in [1.807, 2.05) is 6.20 Å². The van der Waals surface area contributed by atoms with Gasteiger partial charge in [-0.2, -0.15) is 5.10 Å². The summed E-state index contributed by atoms with van der Waals surface area (Å²) >= 11 is 0. The zero-order valence-electron chi connectivity index (χ0n) is 11.3. The van der Waals surface area contributed by atoms with Crippen molar-refractivity contribution < 1.29 is 9.31 Å². The van der Waals surface area contributed by atoms with E-state index in [4.69, 9.17) is 0 Å². The maximum atomic E-state index is 13.4. The van der Waals surface area contributed by atoms with Crippen molar-refractivity contribution in [3.05, 3.63) is 57.7 Å². The van der Waals surface area contributed by atoms with Crippen molar-refractivity contribution in [2.24, 2.45) is 0 Å². The van der Waals surface area contributed by atoms with E-state index < -0.39 is 10.7 Å². The van der Waals surface area contributed by atoms with Crippen LogP contribution in [0.1, 0.15) is 24.0 Å². The highest BCUT2D eigenvalue weighted by atomic mass is 19.1. The Morgan fingerprint density at radius 2 is 2.19 bits per heavy atom. The number of nitro groups is 1. The van der Waals surface area contributed by atoms with Crippen LogP contribution in [0, 0.1) is 15.9 Å². The molecule has 6 nitrogen and oxygen atoms in total. The summed E-state index contributed by atoms with van der Waals surface area (Å²) < 4.78 is 15.0. The Kier molecular flexibility index (Phi) is 3.66. The van der Waals surface area contributed by atoms with Crippen LogP contribution in [-0.4, -0.2) is 20.7 Å². The summed E-state index contributed by atoms with van der Waals surface area (Å²) in [6.45, 7) is 1.07. The van der Waals surface area contributed by atoms with Gasteiger partial charge in [-0.15, -0.1) is 0 Å². The molecule has 7 heteroatoms. The van der Waals surface area contributed by atoms with Crippen molar-refractivity contribution in [2.75, 3.05) is 0 Å². The van der Waals surface area contributed by atoms with Gasteiger partial charge in [-0.05, 0) is 24.5 Å². The quantitative estimate of drug-likeness (QED) is 0.654. The van der Waals surface area contributed by atoms with Gasteiger partial charge in [0.05, 0.1) is 23.7 Å². The van der Waals surface area contributed by atoms with Crippen LogP contribution in [-0.2, 0) is 13.1 Å². The van der Waals surface area contributed by atoms with Gasteiger partial charge in [0.25, 0.3) is 5.69 Å². The van der Waals surface area contributed by atoms with Gasteiger partial charge in [-0.25, -0.2) is 4.39 Å². The normalized spacial score (nSPS) is 14.3. The van der Waals surface area contributed by atoms with E-state index in [0.717, 1.165) is 18.2 Å². The van der Waals surface area contributed by atoms with Crippen LogP contribution in [0.25, 0.3) is 0 Å². The van der Waals surface area contributed by atoms with E-state index >= 15 is 0 Å². The van der Waals surface area contributed by atoms with E-state index in [2.05, 4.69) is 10.4 Å². The third-order valence-electron chi connectivity index (χ3n) is 3.36. The number of halogens is 1.